The van der Waals surface area contributed by atoms with Gasteiger partial charge in [0, 0.05) is 24.1 Å². The summed E-state index contributed by atoms with van der Waals surface area (Å²) >= 11 is 0. The van der Waals surface area contributed by atoms with Crippen LogP contribution in [0.3, 0.4) is 0 Å². The Bertz CT molecular complexity index is 491. The average Bonchev–Trinajstić information content (AvgIpc) is 2.73. The molecule has 0 aliphatic carbocycles. The minimum Gasteiger partial charge on any atom is -0.379 e. The van der Waals surface area contributed by atoms with Crippen LogP contribution in [0.1, 0.15) is 30.2 Å². The molecule has 0 radical (unpaired) electrons. The van der Waals surface area contributed by atoms with Crippen molar-refractivity contribution in [3.8, 4) is 0 Å². The lowest BCUT2D eigenvalue weighted by Crippen LogP contribution is -2.07. The predicted octanol–water partition coefficient (Wildman–Crippen LogP) is 4.13. The minimum absolute atomic E-state index is 0.885. The number of aromatic nitrogens is 1. The number of nitrogens with one attached hydrogen (secondary N) is 1. The molecule has 0 aliphatic heterocycles. The number of aryl methyl sites for hydroxylation is 3. The van der Waals surface area contributed by atoms with Gasteiger partial charge >= 0.3 is 0 Å². The molecule has 2 rings (SSSR count). The Labute approximate surface area is 110 Å². The SMILES string of the molecule is CCCn1cccc1CNc1cc(C)cc(C)c1. The maximum Gasteiger partial charge on any atom is 0.0553 e. The van der Waals surface area contributed by atoms with Crippen LogP contribution in [0.25, 0.3) is 0 Å². The van der Waals surface area contributed by atoms with Gasteiger partial charge in [-0.2, -0.15) is 0 Å². The first-order valence-electron chi connectivity index (χ1n) is 6.65. The van der Waals surface area contributed by atoms with Crippen LogP contribution in [-0.4, -0.2) is 4.57 Å². The molecule has 0 atom stereocenters. The second-order valence-electron chi connectivity index (χ2n) is 4.92. The van der Waals surface area contributed by atoms with E-state index in [2.05, 4.69) is 67.2 Å². The molecule has 2 aromatic rings. The van der Waals surface area contributed by atoms with E-state index in [-0.39, 0.29) is 0 Å². The Balaban J connectivity index is 2.04. The number of rotatable bonds is 5. The zero-order chi connectivity index (χ0) is 13.0. The van der Waals surface area contributed by atoms with Gasteiger partial charge in [-0.3, -0.25) is 0 Å². The number of anilines is 1. The highest BCUT2D eigenvalue weighted by Gasteiger charge is 2.00. The molecule has 0 amide bonds. The van der Waals surface area contributed by atoms with Crippen molar-refractivity contribution in [3.05, 3.63) is 53.3 Å². The summed E-state index contributed by atoms with van der Waals surface area (Å²) in [6.07, 6.45) is 3.33. The zero-order valence-electron chi connectivity index (χ0n) is 11.5. The summed E-state index contributed by atoms with van der Waals surface area (Å²) < 4.78 is 2.32. The summed E-state index contributed by atoms with van der Waals surface area (Å²) in [7, 11) is 0. The molecule has 96 valence electrons. The third-order valence-corrected chi connectivity index (χ3v) is 3.08. The van der Waals surface area contributed by atoms with Crippen molar-refractivity contribution in [2.75, 3.05) is 5.32 Å². The molecule has 2 heteroatoms. The van der Waals surface area contributed by atoms with Gasteiger partial charge in [-0.15, -0.1) is 0 Å². The Morgan fingerprint density at radius 1 is 1.11 bits per heavy atom. The fourth-order valence-electron chi connectivity index (χ4n) is 2.34. The van der Waals surface area contributed by atoms with Crippen LogP contribution < -0.4 is 5.32 Å². The molecule has 1 aromatic carbocycles. The summed E-state index contributed by atoms with van der Waals surface area (Å²) in [5.41, 5.74) is 5.16. The van der Waals surface area contributed by atoms with E-state index in [4.69, 9.17) is 0 Å². The van der Waals surface area contributed by atoms with E-state index in [1.165, 1.54) is 28.9 Å². The highest BCUT2D eigenvalue weighted by atomic mass is 15.0. The molecule has 1 N–H and O–H groups in total. The van der Waals surface area contributed by atoms with Crippen molar-refractivity contribution in [2.24, 2.45) is 0 Å². The molecule has 0 fully saturated rings. The van der Waals surface area contributed by atoms with Crippen LogP contribution in [0.15, 0.2) is 36.5 Å². The van der Waals surface area contributed by atoms with Gasteiger partial charge in [-0.1, -0.05) is 13.0 Å². The van der Waals surface area contributed by atoms with Crippen molar-refractivity contribution in [1.29, 1.82) is 0 Å². The molecular formula is C16H22N2. The summed E-state index contributed by atoms with van der Waals surface area (Å²) in [6.45, 7) is 8.46. The topological polar surface area (TPSA) is 17.0 Å². The predicted molar refractivity (Wildman–Crippen MR) is 78.0 cm³/mol. The fourth-order valence-corrected chi connectivity index (χ4v) is 2.34. The van der Waals surface area contributed by atoms with Gasteiger partial charge in [0.05, 0.1) is 6.54 Å². The monoisotopic (exact) mass is 242 g/mol. The summed E-state index contributed by atoms with van der Waals surface area (Å²) in [5.74, 6) is 0. The van der Waals surface area contributed by atoms with E-state index >= 15 is 0 Å². The van der Waals surface area contributed by atoms with Crippen molar-refractivity contribution >= 4 is 5.69 Å². The summed E-state index contributed by atoms with van der Waals surface area (Å²) in [6, 6.07) is 10.9. The second kappa shape index (κ2) is 5.76. The lowest BCUT2D eigenvalue weighted by Gasteiger charge is -2.11. The van der Waals surface area contributed by atoms with Gasteiger partial charge < -0.3 is 9.88 Å². The molecule has 1 heterocycles. The van der Waals surface area contributed by atoms with Gasteiger partial charge in [-0.25, -0.2) is 0 Å². The normalized spacial score (nSPS) is 10.6. The third kappa shape index (κ3) is 3.16. The minimum atomic E-state index is 0.885. The summed E-state index contributed by atoms with van der Waals surface area (Å²) in [4.78, 5) is 0. The highest BCUT2D eigenvalue weighted by molar-refractivity contribution is 5.48. The molecule has 18 heavy (non-hydrogen) atoms. The standard InChI is InChI=1S/C16H22N2/c1-4-7-18-8-5-6-16(18)12-17-15-10-13(2)9-14(3)11-15/h5-6,8-11,17H,4,7,12H2,1-3H3. The zero-order valence-corrected chi connectivity index (χ0v) is 11.5. The Hall–Kier alpha value is -1.70. The van der Waals surface area contributed by atoms with E-state index in [1.807, 2.05) is 0 Å². The van der Waals surface area contributed by atoms with Crippen LogP contribution >= 0.6 is 0 Å². The fraction of sp³-hybridized carbons (Fsp3) is 0.375. The Morgan fingerprint density at radius 2 is 1.83 bits per heavy atom. The molecule has 2 nitrogen and oxygen atoms in total. The first-order chi connectivity index (χ1) is 8.69. The summed E-state index contributed by atoms with van der Waals surface area (Å²) in [5, 5.41) is 3.51. The molecule has 0 saturated heterocycles. The van der Waals surface area contributed by atoms with Crippen molar-refractivity contribution in [1.82, 2.24) is 4.57 Å². The molecule has 0 saturated carbocycles. The van der Waals surface area contributed by atoms with Crippen molar-refractivity contribution in [3.63, 3.8) is 0 Å². The van der Waals surface area contributed by atoms with Crippen molar-refractivity contribution < 1.29 is 0 Å². The first kappa shape index (κ1) is 12.7. The van der Waals surface area contributed by atoms with E-state index in [0.717, 1.165) is 13.1 Å². The van der Waals surface area contributed by atoms with Gasteiger partial charge in [0.2, 0.25) is 0 Å². The number of hydrogen-bond donors (Lipinski definition) is 1. The smallest absolute Gasteiger partial charge is 0.0553 e. The first-order valence-corrected chi connectivity index (χ1v) is 6.65. The van der Waals surface area contributed by atoms with Crippen LogP contribution in [0.4, 0.5) is 5.69 Å². The Morgan fingerprint density at radius 3 is 2.50 bits per heavy atom. The maximum atomic E-state index is 3.51. The number of benzene rings is 1. The largest absolute Gasteiger partial charge is 0.379 e. The highest BCUT2D eigenvalue weighted by Crippen LogP contribution is 2.15. The van der Waals surface area contributed by atoms with E-state index in [9.17, 15) is 0 Å². The van der Waals surface area contributed by atoms with E-state index in [0.29, 0.717) is 0 Å². The average molecular weight is 242 g/mol. The lowest BCUT2D eigenvalue weighted by atomic mass is 10.1. The molecule has 0 aliphatic rings. The van der Waals surface area contributed by atoms with E-state index in [1.54, 1.807) is 0 Å². The van der Waals surface area contributed by atoms with Crippen LogP contribution in [0, 0.1) is 13.8 Å². The Kier molecular flexibility index (Phi) is 4.08. The quantitative estimate of drug-likeness (QED) is 0.834. The van der Waals surface area contributed by atoms with Crippen LogP contribution in [0.2, 0.25) is 0 Å². The van der Waals surface area contributed by atoms with Gasteiger partial charge in [0.15, 0.2) is 0 Å². The molecule has 1 aromatic heterocycles. The third-order valence-electron chi connectivity index (χ3n) is 3.08. The number of hydrogen-bond acceptors (Lipinski definition) is 1. The lowest BCUT2D eigenvalue weighted by molar-refractivity contribution is 0.654. The van der Waals surface area contributed by atoms with Crippen LogP contribution in [-0.2, 0) is 13.1 Å². The van der Waals surface area contributed by atoms with Gasteiger partial charge in [0.1, 0.15) is 0 Å². The molecule has 0 unspecified atom stereocenters. The van der Waals surface area contributed by atoms with E-state index < -0.39 is 0 Å². The molecule has 0 bridgehead atoms. The van der Waals surface area contributed by atoms with Gasteiger partial charge in [0.25, 0.3) is 0 Å². The molecule has 0 spiro atoms. The second-order valence-corrected chi connectivity index (χ2v) is 4.92. The molecular weight excluding hydrogens is 220 g/mol. The van der Waals surface area contributed by atoms with Gasteiger partial charge in [-0.05, 0) is 55.7 Å². The van der Waals surface area contributed by atoms with Crippen molar-refractivity contribution in [2.45, 2.75) is 40.3 Å². The maximum absolute atomic E-state index is 3.51. The number of nitrogens with zero attached hydrogens (tertiary/aromatic N) is 1. The van der Waals surface area contributed by atoms with Crippen LogP contribution in [0.5, 0.6) is 0 Å².